The van der Waals surface area contributed by atoms with Crippen LogP contribution in [-0.4, -0.2) is 5.11 Å². The fourth-order valence-corrected chi connectivity index (χ4v) is 4.33. The van der Waals surface area contributed by atoms with E-state index >= 15 is 4.39 Å². The van der Waals surface area contributed by atoms with Gasteiger partial charge in [-0.3, -0.25) is 0 Å². The van der Waals surface area contributed by atoms with Crippen LogP contribution in [0.1, 0.15) is 28.4 Å². The number of fused-ring (bicyclic) bond motifs is 3. The molecule has 1 nitrogen and oxygen atoms in total. The van der Waals surface area contributed by atoms with Crippen LogP contribution in [0, 0.1) is 25.5 Å². The van der Waals surface area contributed by atoms with Crippen molar-refractivity contribution in [3.63, 3.8) is 0 Å². The van der Waals surface area contributed by atoms with Crippen LogP contribution >= 0.6 is 11.3 Å². The lowest BCUT2D eigenvalue weighted by Crippen LogP contribution is -2.02. The second-order valence-corrected chi connectivity index (χ2v) is 7.35. The zero-order valence-corrected chi connectivity index (χ0v) is 14.6. The highest BCUT2D eigenvalue weighted by atomic mass is 32.1. The molecule has 1 heterocycles. The van der Waals surface area contributed by atoms with E-state index in [4.69, 9.17) is 0 Å². The van der Waals surface area contributed by atoms with Gasteiger partial charge in [0.2, 0.25) is 0 Å². The monoisotopic (exact) mass is 354 g/mol. The first-order chi connectivity index (χ1) is 12.0. The number of rotatable bonds is 2. The van der Waals surface area contributed by atoms with Crippen LogP contribution in [0.3, 0.4) is 0 Å². The Hall–Kier alpha value is -2.30. The Morgan fingerprint density at radius 3 is 2.08 bits per heavy atom. The molecule has 0 aliphatic rings. The molecule has 3 aromatic carbocycles. The summed E-state index contributed by atoms with van der Waals surface area (Å²) in [5.41, 5.74) is 2.45. The lowest BCUT2D eigenvalue weighted by Gasteiger charge is -2.13. The van der Waals surface area contributed by atoms with Gasteiger partial charge in [-0.2, -0.15) is 0 Å². The topological polar surface area (TPSA) is 20.2 Å². The molecule has 4 aromatic rings. The van der Waals surface area contributed by atoms with Crippen LogP contribution < -0.4 is 0 Å². The maximum Gasteiger partial charge on any atom is 0.147 e. The van der Waals surface area contributed by atoms with Crippen LogP contribution in [0.2, 0.25) is 0 Å². The summed E-state index contributed by atoms with van der Waals surface area (Å²) in [5.74, 6) is -0.789. The third kappa shape index (κ3) is 2.53. The zero-order valence-electron chi connectivity index (χ0n) is 13.8. The van der Waals surface area contributed by atoms with Gasteiger partial charge in [-0.15, -0.1) is 11.3 Å². The molecule has 0 aliphatic heterocycles. The van der Waals surface area contributed by atoms with Gasteiger partial charge in [0, 0.05) is 16.3 Å². The Bertz CT molecular complexity index is 1100. The number of benzene rings is 3. The maximum absolute atomic E-state index is 15.1. The van der Waals surface area contributed by atoms with E-state index < -0.39 is 11.9 Å². The normalized spacial score (nSPS) is 12.8. The first kappa shape index (κ1) is 16.2. The van der Waals surface area contributed by atoms with Gasteiger partial charge in [0.1, 0.15) is 17.7 Å². The smallest absolute Gasteiger partial charge is 0.147 e. The Labute approximate surface area is 148 Å². The fraction of sp³-hybridized carbons (Fsp3) is 0.143. The lowest BCUT2D eigenvalue weighted by molar-refractivity contribution is 0.215. The predicted molar refractivity (Wildman–Crippen MR) is 99.2 cm³/mol. The minimum Gasteiger partial charge on any atom is -0.384 e. The predicted octanol–water partition coefficient (Wildman–Crippen LogP) is 6.03. The van der Waals surface area contributed by atoms with Crippen LogP contribution in [0.15, 0.2) is 48.5 Å². The molecule has 0 saturated carbocycles. The van der Waals surface area contributed by atoms with Crippen molar-refractivity contribution in [2.75, 3.05) is 0 Å². The second-order valence-electron chi connectivity index (χ2n) is 6.33. The number of hydrogen-bond donors (Lipinski definition) is 1. The standard InChI is InChI=1S/C21H16F2OS/c1-11-3-6-13(7-4-11)19(24)16-10-9-15-14-8-5-12(2)17(22)20(14)25-21(15)18(16)23/h3-10,19,24H,1-2H3. The summed E-state index contributed by atoms with van der Waals surface area (Å²) < 4.78 is 30.3. The van der Waals surface area contributed by atoms with E-state index in [2.05, 4.69) is 0 Å². The third-order valence-electron chi connectivity index (χ3n) is 4.60. The van der Waals surface area contributed by atoms with Gasteiger partial charge in [-0.1, -0.05) is 54.1 Å². The molecule has 4 rings (SSSR count). The summed E-state index contributed by atoms with van der Waals surface area (Å²) in [5, 5.41) is 12.0. The molecule has 25 heavy (non-hydrogen) atoms. The highest BCUT2D eigenvalue weighted by molar-refractivity contribution is 7.25. The van der Waals surface area contributed by atoms with E-state index in [1.807, 2.05) is 25.1 Å². The van der Waals surface area contributed by atoms with E-state index in [0.717, 1.165) is 16.9 Å². The van der Waals surface area contributed by atoms with Crippen molar-refractivity contribution < 1.29 is 13.9 Å². The Balaban J connectivity index is 1.91. The molecular weight excluding hydrogens is 338 g/mol. The van der Waals surface area contributed by atoms with Gasteiger partial charge in [0.15, 0.2) is 0 Å². The van der Waals surface area contributed by atoms with Gasteiger partial charge in [-0.25, -0.2) is 8.78 Å². The summed E-state index contributed by atoms with van der Waals surface area (Å²) >= 11 is 1.10. The molecule has 1 N–H and O–H groups in total. The molecule has 0 radical (unpaired) electrons. The number of thiophene rings is 1. The quantitative estimate of drug-likeness (QED) is 0.466. The van der Waals surface area contributed by atoms with Crippen molar-refractivity contribution in [2.24, 2.45) is 0 Å². The van der Waals surface area contributed by atoms with Gasteiger partial charge in [-0.05, 0) is 25.0 Å². The average Bonchev–Trinajstić information content (AvgIpc) is 2.99. The number of aliphatic hydroxyl groups excluding tert-OH is 1. The van der Waals surface area contributed by atoms with Crippen molar-refractivity contribution in [1.29, 1.82) is 0 Å². The summed E-state index contributed by atoms with van der Waals surface area (Å²) in [6, 6.07) is 14.2. The SMILES string of the molecule is Cc1ccc(C(O)c2ccc3c(sc4c(F)c(C)ccc43)c2F)cc1. The molecular formula is C21H16F2OS. The van der Waals surface area contributed by atoms with Crippen molar-refractivity contribution >= 4 is 31.5 Å². The van der Waals surface area contributed by atoms with Gasteiger partial charge in [0.25, 0.3) is 0 Å². The van der Waals surface area contributed by atoms with Crippen LogP contribution in [0.25, 0.3) is 20.2 Å². The van der Waals surface area contributed by atoms with Crippen LogP contribution in [-0.2, 0) is 0 Å². The molecule has 0 saturated heterocycles. The van der Waals surface area contributed by atoms with E-state index in [-0.39, 0.29) is 11.4 Å². The molecule has 1 aromatic heterocycles. The molecule has 0 aliphatic carbocycles. The number of halogens is 2. The first-order valence-corrected chi connectivity index (χ1v) is 8.83. The van der Waals surface area contributed by atoms with Crippen molar-refractivity contribution in [3.05, 3.63) is 82.4 Å². The van der Waals surface area contributed by atoms with Gasteiger partial charge < -0.3 is 5.11 Å². The van der Waals surface area contributed by atoms with Crippen LogP contribution in [0.5, 0.6) is 0 Å². The molecule has 1 unspecified atom stereocenters. The van der Waals surface area contributed by atoms with Crippen molar-refractivity contribution in [1.82, 2.24) is 0 Å². The van der Waals surface area contributed by atoms with E-state index in [9.17, 15) is 9.50 Å². The van der Waals surface area contributed by atoms with E-state index in [1.165, 1.54) is 0 Å². The Morgan fingerprint density at radius 2 is 1.40 bits per heavy atom. The molecule has 126 valence electrons. The summed E-state index contributed by atoms with van der Waals surface area (Å²) in [7, 11) is 0. The van der Waals surface area contributed by atoms with Crippen molar-refractivity contribution in [3.8, 4) is 0 Å². The summed E-state index contributed by atoms with van der Waals surface area (Å²) in [4.78, 5) is 0. The van der Waals surface area contributed by atoms with Crippen LogP contribution in [0.4, 0.5) is 8.78 Å². The molecule has 0 fully saturated rings. The minimum absolute atomic E-state index is 0.208. The Morgan fingerprint density at radius 1 is 0.800 bits per heavy atom. The fourth-order valence-electron chi connectivity index (χ4n) is 3.09. The molecule has 0 spiro atoms. The lowest BCUT2D eigenvalue weighted by atomic mass is 9.98. The summed E-state index contributed by atoms with van der Waals surface area (Å²) in [6.45, 7) is 3.65. The summed E-state index contributed by atoms with van der Waals surface area (Å²) in [6.07, 6.45) is -1.05. The molecule has 1 atom stereocenters. The van der Waals surface area contributed by atoms with Gasteiger partial charge >= 0.3 is 0 Å². The molecule has 0 bridgehead atoms. The highest BCUT2D eigenvalue weighted by Gasteiger charge is 2.20. The molecule has 4 heteroatoms. The number of aliphatic hydroxyl groups is 1. The van der Waals surface area contributed by atoms with E-state index in [1.54, 1.807) is 37.3 Å². The average molecular weight is 354 g/mol. The van der Waals surface area contributed by atoms with Crippen molar-refractivity contribution in [2.45, 2.75) is 20.0 Å². The first-order valence-electron chi connectivity index (χ1n) is 8.01. The largest absolute Gasteiger partial charge is 0.384 e. The number of aryl methyl sites for hydroxylation is 2. The van der Waals surface area contributed by atoms with Gasteiger partial charge in [0.05, 0.1) is 9.40 Å². The maximum atomic E-state index is 15.1. The highest BCUT2D eigenvalue weighted by Crippen LogP contribution is 2.40. The Kier molecular flexibility index (Phi) is 3.82. The second kappa shape index (κ2) is 5.90. The zero-order chi connectivity index (χ0) is 17.7. The third-order valence-corrected chi connectivity index (χ3v) is 5.81. The van der Waals surface area contributed by atoms with E-state index in [0.29, 0.717) is 31.3 Å². The minimum atomic E-state index is -1.05. The number of hydrogen-bond acceptors (Lipinski definition) is 2. The molecule has 0 amide bonds.